The van der Waals surface area contributed by atoms with Crippen LogP contribution in [0, 0.1) is 0 Å². The molecule has 1 aliphatic rings. The first-order valence-electron chi connectivity index (χ1n) is 8.23. The molecule has 24 heavy (non-hydrogen) atoms. The fourth-order valence-electron chi connectivity index (χ4n) is 2.78. The SMILES string of the molecule is COCCn1c(SCC(=O)NCC2CCCO2)nc2ccccc21. The van der Waals surface area contributed by atoms with E-state index in [9.17, 15) is 4.79 Å². The van der Waals surface area contributed by atoms with Gasteiger partial charge in [-0.1, -0.05) is 23.9 Å². The minimum Gasteiger partial charge on any atom is -0.383 e. The lowest BCUT2D eigenvalue weighted by molar-refractivity contribution is -0.119. The molecular formula is C17H23N3O3S. The quantitative estimate of drug-likeness (QED) is 0.739. The highest BCUT2D eigenvalue weighted by Gasteiger charge is 2.17. The van der Waals surface area contributed by atoms with Gasteiger partial charge < -0.3 is 19.4 Å². The summed E-state index contributed by atoms with van der Waals surface area (Å²) in [6.07, 6.45) is 2.28. The summed E-state index contributed by atoms with van der Waals surface area (Å²) in [6.45, 7) is 2.73. The van der Waals surface area contributed by atoms with Gasteiger partial charge in [0, 0.05) is 26.8 Å². The van der Waals surface area contributed by atoms with E-state index in [0.29, 0.717) is 18.9 Å². The van der Waals surface area contributed by atoms with Gasteiger partial charge in [-0.2, -0.15) is 0 Å². The summed E-state index contributed by atoms with van der Waals surface area (Å²) in [4.78, 5) is 16.7. The van der Waals surface area contributed by atoms with E-state index < -0.39 is 0 Å². The van der Waals surface area contributed by atoms with E-state index >= 15 is 0 Å². The summed E-state index contributed by atoms with van der Waals surface area (Å²) < 4.78 is 12.8. The van der Waals surface area contributed by atoms with Crippen molar-refractivity contribution in [2.24, 2.45) is 0 Å². The Morgan fingerprint density at radius 3 is 3.17 bits per heavy atom. The van der Waals surface area contributed by atoms with Gasteiger partial charge in [0.15, 0.2) is 5.16 Å². The second-order valence-electron chi connectivity index (χ2n) is 5.76. The molecule has 0 bridgehead atoms. The van der Waals surface area contributed by atoms with Gasteiger partial charge in [-0.3, -0.25) is 4.79 Å². The van der Waals surface area contributed by atoms with Crippen molar-refractivity contribution in [3.05, 3.63) is 24.3 Å². The fourth-order valence-corrected chi connectivity index (χ4v) is 3.65. The van der Waals surface area contributed by atoms with Gasteiger partial charge in [0.05, 0.1) is 29.5 Å². The average molecular weight is 349 g/mol. The standard InChI is InChI=1S/C17H23N3O3S/c1-22-10-8-20-15-7-3-2-6-14(15)19-17(20)24-12-16(21)18-11-13-5-4-9-23-13/h2-3,6-7,13H,4-5,8-12H2,1H3,(H,18,21). The summed E-state index contributed by atoms with van der Waals surface area (Å²) in [6, 6.07) is 7.99. The maximum Gasteiger partial charge on any atom is 0.230 e. The number of thioether (sulfide) groups is 1. The zero-order valence-electron chi connectivity index (χ0n) is 13.9. The zero-order valence-corrected chi connectivity index (χ0v) is 14.7. The minimum atomic E-state index is 0.0147. The Hall–Kier alpha value is -1.57. The third-order valence-electron chi connectivity index (χ3n) is 4.02. The first-order chi connectivity index (χ1) is 11.8. The lowest BCUT2D eigenvalue weighted by atomic mass is 10.2. The van der Waals surface area contributed by atoms with Gasteiger partial charge >= 0.3 is 0 Å². The van der Waals surface area contributed by atoms with Crippen LogP contribution in [-0.2, 0) is 20.8 Å². The second-order valence-corrected chi connectivity index (χ2v) is 6.70. The zero-order chi connectivity index (χ0) is 16.8. The van der Waals surface area contributed by atoms with Gasteiger partial charge in [-0.25, -0.2) is 4.98 Å². The molecule has 7 heteroatoms. The van der Waals surface area contributed by atoms with Gasteiger partial charge in [-0.05, 0) is 25.0 Å². The normalized spacial score (nSPS) is 17.5. The van der Waals surface area contributed by atoms with E-state index in [1.54, 1.807) is 7.11 Å². The van der Waals surface area contributed by atoms with Crippen molar-refractivity contribution in [3.63, 3.8) is 0 Å². The van der Waals surface area contributed by atoms with Gasteiger partial charge in [-0.15, -0.1) is 0 Å². The van der Waals surface area contributed by atoms with Crippen molar-refractivity contribution in [1.29, 1.82) is 0 Å². The van der Waals surface area contributed by atoms with Crippen molar-refractivity contribution >= 4 is 28.7 Å². The molecule has 3 rings (SSSR count). The van der Waals surface area contributed by atoms with E-state index in [-0.39, 0.29) is 12.0 Å². The highest BCUT2D eigenvalue weighted by atomic mass is 32.2. The fraction of sp³-hybridized carbons (Fsp3) is 0.529. The molecule has 1 fully saturated rings. The van der Waals surface area contributed by atoms with Crippen LogP contribution >= 0.6 is 11.8 Å². The summed E-state index contributed by atoms with van der Waals surface area (Å²) >= 11 is 1.46. The predicted octanol–water partition coefficient (Wildman–Crippen LogP) is 2.07. The molecule has 1 atom stereocenters. The van der Waals surface area contributed by atoms with E-state index in [1.807, 2.05) is 24.3 Å². The van der Waals surface area contributed by atoms with Gasteiger partial charge in [0.2, 0.25) is 5.91 Å². The topological polar surface area (TPSA) is 65.4 Å². The third kappa shape index (κ3) is 4.28. The summed E-state index contributed by atoms with van der Waals surface area (Å²) in [5.41, 5.74) is 2.01. The van der Waals surface area contributed by atoms with Crippen LogP contribution in [0.5, 0.6) is 0 Å². The molecule has 2 aromatic rings. The van der Waals surface area contributed by atoms with Crippen LogP contribution < -0.4 is 5.32 Å². The number of imidazole rings is 1. The highest BCUT2D eigenvalue weighted by molar-refractivity contribution is 7.99. The molecule has 1 amide bonds. The molecule has 0 radical (unpaired) electrons. The summed E-state index contributed by atoms with van der Waals surface area (Å²) in [5.74, 6) is 0.365. The first kappa shape index (κ1) is 17.3. The number of hydrogen-bond donors (Lipinski definition) is 1. The number of carbonyl (C=O) groups excluding carboxylic acids is 1. The van der Waals surface area contributed by atoms with Crippen LogP contribution in [0.2, 0.25) is 0 Å². The lowest BCUT2D eigenvalue weighted by Crippen LogP contribution is -2.32. The maximum atomic E-state index is 12.1. The predicted molar refractivity (Wildman–Crippen MR) is 94.3 cm³/mol. The number of para-hydroxylation sites is 2. The Balaban J connectivity index is 1.60. The number of ether oxygens (including phenoxy) is 2. The Bertz CT molecular complexity index is 683. The molecule has 0 aliphatic carbocycles. The number of aromatic nitrogens is 2. The Labute approximate surface area is 145 Å². The number of nitrogens with zero attached hydrogens (tertiary/aromatic N) is 2. The molecule has 1 unspecified atom stereocenters. The summed E-state index contributed by atoms with van der Waals surface area (Å²) in [7, 11) is 1.68. The van der Waals surface area contributed by atoms with Gasteiger partial charge in [0.1, 0.15) is 0 Å². The highest BCUT2D eigenvalue weighted by Crippen LogP contribution is 2.24. The molecule has 0 spiro atoms. The molecule has 1 aromatic heterocycles. The van der Waals surface area contributed by atoms with E-state index in [4.69, 9.17) is 9.47 Å². The third-order valence-corrected chi connectivity index (χ3v) is 5.00. The number of rotatable bonds is 8. The molecule has 1 saturated heterocycles. The van der Waals surface area contributed by atoms with Crippen molar-refractivity contribution in [2.45, 2.75) is 30.6 Å². The van der Waals surface area contributed by atoms with Crippen LogP contribution in [-0.4, -0.2) is 54.2 Å². The number of amides is 1. The van der Waals surface area contributed by atoms with E-state index in [0.717, 1.165) is 42.2 Å². The summed E-state index contributed by atoms with van der Waals surface area (Å²) in [5, 5.41) is 3.79. The molecule has 130 valence electrons. The molecule has 1 aromatic carbocycles. The van der Waals surface area contributed by atoms with Crippen LogP contribution in [0.25, 0.3) is 11.0 Å². The van der Waals surface area contributed by atoms with Crippen molar-refractivity contribution in [2.75, 3.05) is 32.6 Å². The lowest BCUT2D eigenvalue weighted by Gasteiger charge is -2.11. The largest absolute Gasteiger partial charge is 0.383 e. The Morgan fingerprint density at radius 2 is 2.38 bits per heavy atom. The Morgan fingerprint density at radius 1 is 1.50 bits per heavy atom. The number of fused-ring (bicyclic) bond motifs is 1. The first-order valence-corrected chi connectivity index (χ1v) is 9.22. The van der Waals surface area contributed by atoms with Gasteiger partial charge in [0.25, 0.3) is 0 Å². The molecule has 1 aliphatic heterocycles. The van der Waals surface area contributed by atoms with Crippen molar-refractivity contribution < 1.29 is 14.3 Å². The monoisotopic (exact) mass is 349 g/mol. The van der Waals surface area contributed by atoms with E-state index in [1.165, 1.54) is 11.8 Å². The number of benzene rings is 1. The maximum absolute atomic E-state index is 12.1. The average Bonchev–Trinajstić information content (AvgIpc) is 3.23. The van der Waals surface area contributed by atoms with Crippen LogP contribution in [0.3, 0.4) is 0 Å². The molecule has 1 N–H and O–H groups in total. The number of nitrogens with one attached hydrogen (secondary N) is 1. The number of carbonyl (C=O) groups is 1. The van der Waals surface area contributed by atoms with Crippen molar-refractivity contribution in [1.82, 2.24) is 14.9 Å². The molecule has 0 saturated carbocycles. The molecule has 2 heterocycles. The Kier molecular flexibility index (Phi) is 6.12. The van der Waals surface area contributed by atoms with Crippen molar-refractivity contribution in [3.8, 4) is 0 Å². The number of hydrogen-bond acceptors (Lipinski definition) is 5. The van der Waals surface area contributed by atoms with Crippen LogP contribution in [0.4, 0.5) is 0 Å². The number of methoxy groups -OCH3 is 1. The minimum absolute atomic E-state index is 0.0147. The smallest absolute Gasteiger partial charge is 0.230 e. The second kappa shape index (κ2) is 8.50. The van der Waals surface area contributed by atoms with Crippen LogP contribution in [0.1, 0.15) is 12.8 Å². The van der Waals surface area contributed by atoms with Crippen LogP contribution in [0.15, 0.2) is 29.4 Å². The van der Waals surface area contributed by atoms with E-state index in [2.05, 4.69) is 14.9 Å². The molecular weight excluding hydrogens is 326 g/mol. The molecule has 6 nitrogen and oxygen atoms in total.